The zero-order valence-corrected chi connectivity index (χ0v) is 17.1. The molecule has 8 nitrogen and oxygen atoms in total. The first kappa shape index (κ1) is 20.6. The third kappa shape index (κ3) is 4.82. The number of unbranched alkanes of at least 4 members (excludes halogenated alkanes) is 1. The maximum atomic E-state index is 12.5. The predicted molar refractivity (Wildman–Crippen MR) is 108 cm³/mol. The van der Waals surface area contributed by atoms with Crippen molar-refractivity contribution in [1.82, 2.24) is 24.3 Å². The number of imide groups is 1. The molecule has 2 aromatic rings. The highest BCUT2D eigenvalue weighted by Crippen LogP contribution is 2.22. The maximum absolute atomic E-state index is 12.5. The molecule has 0 saturated carbocycles. The summed E-state index contributed by atoms with van der Waals surface area (Å²) in [6, 6.07) is 4.04. The molecule has 2 aromatic heterocycles. The summed E-state index contributed by atoms with van der Waals surface area (Å²) in [6.45, 7) is 6.95. The van der Waals surface area contributed by atoms with E-state index in [0.29, 0.717) is 5.69 Å². The number of rotatable bonds is 7. The van der Waals surface area contributed by atoms with Crippen LogP contribution in [-0.2, 0) is 27.5 Å². The van der Waals surface area contributed by atoms with E-state index in [1.165, 1.54) is 6.92 Å². The molecular formula is C21H27N5O3. The SMILES string of the molecule is CC(=O)N1CC(=O)N/C(=C\c2ncn(CCCCn3cccc3)c2C(C)C)C1=O. The van der Waals surface area contributed by atoms with E-state index < -0.39 is 11.8 Å². The maximum Gasteiger partial charge on any atom is 0.277 e. The van der Waals surface area contributed by atoms with Crippen LogP contribution in [0.3, 0.4) is 0 Å². The second-order valence-corrected chi connectivity index (χ2v) is 7.51. The van der Waals surface area contributed by atoms with Gasteiger partial charge in [0, 0.05) is 38.1 Å². The Hall–Kier alpha value is -3.16. The summed E-state index contributed by atoms with van der Waals surface area (Å²) in [5, 5.41) is 2.57. The van der Waals surface area contributed by atoms with Crippen molar-refractivity contribution in [2.75, 3.05) is 6.54 Å². The second-order valence-electron chi connectivity index (χ2n) is 7.51. The smallest absolute Gasteiger partial charge is 0.277 e. The average Bonchev–Trinajstić information content (AvgIpc) is 3.31. The number of piperazine rings is 1. The van der Waals surface area contributed by atoms with E-state index in [-0.39, 0.29) is 24.1 Å². The first-order chi connectivity index (χ1) is 13.9. The molecule has 3 amide bonds. The second kappa shape index (κ2) is 8.89. The summed E-state index contributed by atoms with van der Waals surface area (Å²) in [6.07, 6.45) is 9.50. The number of carbonyl (C=O) groups is 3. The summed E-state index contributed by atoms with van der Waals surface area (Å²) in [4.78, 5) is 41.5. The predicted octanol–water partition coefficient (Wildman–Crippen LogP) is 2.13. The molecular weight excluding hydrogens is 370 g/mol. The van der Waals surface area contributed by atoms with Crippen LogP contribution in [0.5, 0.6) is 0 Å². The van der Waals surface area contributed by atoms with Crippen molar-refractivity contribution in [2.24, 2.45) is 0 Å². The Balaban J connectivity index is 1.75. The van der Waals surface area contributed by atoms with Crippen LogP contribution in [0, 0.1) is 0 Å². The fraction of sp³-hybridized carbons (Fsp3) is 0.429. The summed E-state index contributed by atoms with van der Waals surface area (Å²) in [5.41, 5.74) is 1.72. The van der Waals surface area contributed by atoms with Gasteiger partial charge in [-0.05, 0) is 37.0 Å². The van der Waals surface area contributed by atoms with Crippen LogP contribution in [0.15, 0.2) is 36.6 Å². The number of imidazole rings is 1. The fourth-order valence-corrected chi connectivity index (χ4v) is 3.51. The number of nitrogens with one attached hydrogen (secondary N) is 1. The lowest BCUT2D eigenvalue weighted by atomic mass is 10.1. The Labute approximate surface area is 170 Å². The molecule has 8 heteroatoms. The number of hydrogen-bond acceptors (Lipinski definition) is 4. The summed E-state index contributed by atoms with van der Waals surface area (Å²) in [5.74, 6) is -1.16. The highest BCUT2D eigenvalue weighted by atomic mass is 16.2. The van der Waals surface area contributed by atoms with E-state index in [1.54, 1.807) is 12.4 Å². The van der Waals surface area contributed by atoms with Crippen LogP contribution < -0.4 is 5.32 Å². The zero-order valence-electron chi connectivity index (χ0n) is 17.1. The highest BCUT2D eigenvalue weighted by molar-refractivity contribution is 6.12. The van der Waals surface area contributed by atoms with Gasteiger partial charge in [-0.2, -0.15) is 0 Å². The average molecular weight is 397 g/mol. The fourth-order valence-electron chi connectivity index (χ4n) is 3.51. The molecule has 1 fully saturated rings. The minimum atomic E-state index is -0.506. The number of nitrogens with zero attached hydrogens (tertiary/aromatic N) is 4. The lowest BCUT2D eigenvalue weighted by molar-refractivity contribution is -0.147. The van der Waals surface area contributed by atoms with Gasteiger partial charge in [-0.25, -0.2) is 4.98 Å². The van der Waals surface area contributed by atoms with Crippen LogP contribution in [-0.4, -0.2) is 43.3 Å². The largest absolute Gasteiger partial charge is 0.354 e. The van der Waals surface area contributed by atoms with Gasteiger partial charge in [-0.1, -0.05) is 13.8 Å². The minimum Gasteiger partial charge on any atom is -0.354 e. The molecule has 0 spiro atoms. The van der Waals surface area contributed by atoms with E-state index in [0.717, 1.165) is 36.5 Å². The van der Waals surface area contributed by atoms with E-state index in [9.17, 15) is 14.4 Å². The summed E-state index contributed by atoms with van der Waals surface area (Å²) < 4.78 is 4.26. The molecule has 1 saturated heterocycles. The van der Waals surface area contributed by atoms with E-state index in [4.69, 9.17) is 0 Å². The standard InChI is InChI=1S/C21H27N5O3/c1-15(2)20-17(12-18-21(29)26(16(3)27)13-19(28)23-18)22-14-25(20)11-7-6-10-24-8-4-5-9-24/h4-5,8-9,12,14-15H,6-7,10-11,13H2,1-3H3,(H,23,28)/b18-12-. The van der Waals surface area contributed by atoms with Crippen molar-refractivity contribution < 1.29 is 14.4 Å². The van der Waals surface area contributed by atoms with Crippen LogP contribution in [0.25, 0.3) is 6.08 Å². The number of carbonyl (C=O) groups excluding carboxylic acids is 3. The van der Waals surface area contributed by atoms with Gasteiger partial charge in [0.25, 0.3) is 5.91 Å². The van der Waals surface area contributed by atoms with Crippen LogP contribution in [0.2, 0.25) is 0 Å². The van der Waals surface area contributed by atoms with Gasteiger partial charge in [0.05, 0.1) is 12.0 Å². The molecule has 0 aromatic carbocycles. The number of amides is 3. The third-order valence-corrected chi connectivity index (χ3v) is 4.90. The van der Waals surface area contributed by atoms with Crippen molar-refractivity contribution in [3.63, 3.8) is 0 Å². The van der Waals surface area contributed by atoms with Crippen molar-refractivity contribution in [3.8, 4) is 0 Å². The minimum absolute atomic E-state index is 0.0798. The van der Waals surface area contributed by atoms with Gasteiger partial charge in [0.2, 0.25) is 11.8 Å². The van der Waals surface area contributed by atoms with Crippen LogP contribution in [0.4, 0.5) is 0 Å². The van der Waals surface area contributed by atoms with Gasteiger partial charge in [-0.15, -0.1) is 0 Å². The van der Waals surface area contributed by atoms with Crippen molar-refractivity contribution >= 4 is 23.8 Å². The topological polar surface area (TPSA) is 89.2 Å². The van der Waals surface area contributed by atoms with Gasteiger partial charge >= 0.3 is 0 Å². The molecule has 29 heavy (non-hydrogen) atoms. The molecule has 1 aliphatic rings. The Morgan fingerprint density at radius 3 is 2.55 bits per heavy atom. The Morgan fingerprint density at radius 1 is 1.21 bits per heavy atom. The van der Waals surface area contributed by atoms with Gasteiger partial charge in [0.15, 0.2) is 0 Å². The number of hydrogen-bond donors (Lipinski definition) is 1. The Kier molecular flexibility index (Phi) is 6.31. The van der Waals surface area contributed by atoms with E-state index in [1.807, 2.05) is 12.1 Å². The molecule has 0 radical (unpaired) electrons. The molecule has 0 unspecified atom stereocenters. The molecule has 3 heterocycles. The van der Waals surface area contributed by atoms with Crippen LogP contribution in [0.1, 0.15) is 50.9 Å². The van der Waals surface area contributed by atoms with Crippen molar-refractivity contribution in [3.05, 3.63) is 47.9 Å². The molecule has 3 rings (SSSR count). The first-order valence-corrected chi connectivity index (χ1v) is 9.86. The summed E-state index contributed by atoms with van der Waals surface area (Å²) in [7, 11) is 0. The van der Waals surface area contributed by atoms with Gasteiger partial charge < -0.3 is 14.5 Å². The quantitative estimate of drug-likeness (QED) is 0.573. The van der Waals surface area contributed by atoms with Crippen molar-refractivity contribution in [1.29, 1.82) is 0 Å². The van der Waals surface area contributed by atoms with Gasteiger partial charge in [0.1, 0.15) is 12.2 Å². The molecule has 154 valence electrons. The van der Waals surface area contributed by atoms with Gasteiger partial charge in [-0.3, -0.25) is 19.3 Å². The molecule has 0 aliphatic carbocycles. The molecule has 1 aliphatic heterocycles. The number of aryl methyl sites for hydroxylation is 2. The zero-order chi connectivity index (χ0) is 21.0. The molecule has 0 atom stereocenters. The number of aromatic nitrogens is 3. The Bertz CT molecular complexity index is 924. The molecule has 1 N–H and O–H groups in total. The van der Waals surface area contributed by atoms with E-state index in [2.05, 4.69) is 45.7 Å². The third-order valence-electron chi connectivity index (χ3n) is 4.90. The Morgan fingerprint density at radius 2 is 1.90 bits per heavy atom. The van der Waals surface area contributed by atoms with E-state index >= 15 is 0 Å². The molecule has 0 bridgehead atoms. The lowest BCUT2D eigenvalue weighted by Gasteiger charge is -2.25. The lowest BCUT2D eigenvalue weighted by Crippen LogP contribution is -2.51. The summed E-state index contributed by atoms with van der Waals surface area (Å²) >= 11 is 0. The van der Waals surface area contributed by atoms with Crippen molar-refractivity contribution in [2.45, 2.75) is 52.6 Å². The normalized spacial score (nSPS) is 16.0. The van der Waals surface area contributed by atoms with Crippen LogP contribution >= 0.6 is 0 Å². The first-order valence-electron chi connectivity index (χ1n) is 9.86. The highest BCUT2D eigenvalue weighted by Gasteiger charge is 2.31. The monoisotopic (exact) mass is 397 g/mol.